The van der Waals surface area contributed by atoms with Crippen LogP contribution in [0, 0.1) is 12.8 Å². The molecular formula is C16H25N3O4S. The number of aliphatic carboxylic acids is 1. The van der Waals surface area contributed by atoms with Crippen molar-refractivity contribution in [3.05, 3.63) is 15.6 Å². The lowest BCUT2D eigenvalue weighted by Gasteiger charge is -2.16. The Bertz CT molecular complexity index is 598. The van der Waals surface area contributed by atoms with Crippen LogP contribution in [0.15, 0.2) is 0 Å². The Morgan fingerprint density at radius 3 is 2.50 bits per heavy atom. The van der Waals surface area contributed by atoms with Crippen LogP contribution in [-0.2, 0) is 16.0 Å². The van der Waals surface area contributed by atoms with Gasteiger partial charge >= 0.3 is 5.97 Å². The summed E-state index contributed by atoms with van der Waals surface area (Å²) in [4.78, 5) is 40.0. The van der Waals surface area contributed by atoms with E-state index in [-0.39, 0.29) is 18.4 Å². The van der Waals surface area contributed by atoms with E-state index in [1.54, 1.807) is 6.92 Å². The quantitative estimate of drug-likeness (QED) is 0.625. The molecule has 0 bridgehead atoms. The minimum Gasteiger partial charge on any atom is -0.480 e. The van der Waals surface area contributed by atoms with Crippen LogP contribution in [0.3, 0.4) is 0 Å². The van der Waals surface area contributed by atoms with E-state index in [0.717, 1.165) is 17.8 Å². The summed E-state index contributed by atoms with van der Waals surface area (Å²) in [6.45, 7) is 7.29. The lowest BCUT2D eigenvalue weighted by Crippen LogP contribution is -2.46. The number of carboxylic acids is 1. The maximum Gasteiger partial charge on any atom is 0.326 e. The molecule has 1 atom stereocenters. The number of hydrogen-bond acceptors (Lipinski definition) is 5. The van der Waals surface area contributed by atoms with Crippen LogP contribution >= 0.6 is 11.3 Å². The molecule has 0 spiro atoms. The highest BCUT2D eigenvalue weighted by Crippen LogP contribution is 2.19. The Kier molecular flexibility index (Phi) is 7.84. The number of thiazole rings is 1. The second-order valence-corrected chi connectivity index (χ2v) is 7.13. The number of hydrogen-bond donors (Lipinski definition) is 3. The zero-order valence-corrected chi connectivity index (χ0v) is 15.3. The maximum absolute atomic E-state index is 12.1. The van der Waals surface area contributed by atoms with Gasteiger partial charge in [0.2, 0.25) is 5.91 Å². The molecule has 0 aromatic carbocycles. The smallest absolute Gasteiger partial charge is 0.326 e. The first kappa shape index (κ1) is 20.1. The Labute approximate surface area is 145 Å². The Hall–Kier alpha value is -1.96. The number of nitrogens with zero attached hydrogens (tertiary/aromatic N) is 1. The second-order valence-electron chi connectivity index (χ2n) is 6.04. The molecule has 1 heterocycles. The van der Waals surface area contributed by atoms with Crippen molar-refractivity contribution >= 4 is 29.1 Å². The number of aryl methyl sites for hydroxylation is 2. The van der Waals surface area contributed by atoms with Gasteiger partial charge in [-0.3, -0.25) is 9.59 Å². The SMILES string of the molecule is CCCc1nc(C)c(C(=O)NCC(=O)N[C@@H](CC(C)C)C(=O)O)s1. The molecule has 0 saturated carbocycles. The number of carboxylic acid groups (broad SMARTS) is 1. The van der Waals surface area contributed by atoms with Crippen molar-refractivity contribution in [1.29, 1.82) is 0 Å². The monoisotopic (exact) mass is 355 g/mol. The summed E-state index contributed by atoms with van der Waals surface area (Å²) < 4.78 is 0. The van der Waals surface area contributed by atoms with Crippen molar-refractivity contribution in [3.63, 3.8) is 0 Å². The van der Waals surface area contributed by atoms with Gasteiger partial charge in [-0.2, -0.15) is 0 Å². The molecule has 24 heavy (non-hydrogen) atoms. The maximum atomic E-state index is 12.1. The Morgan fingerprint density at radius 1 is 1.29 bits per heavy atom. The molecule has 3 N–H and O–H groups in total. The lowest BCUT2D eigenvalue weighted by atomic mass is 10.0. The van der Waals surface area contributed by atoms with Crippen LogP contribution in [0.2, 0.25) is 0 Å². The summed E-state index contributed by atoms with van der Waals surface area (Å²) in [5.41, 5.74) is 0.643. The summed E-state index contributed by atoms with van der Waals surface area (Å²) >= 11 is 1.32. The highest BCUT2D eigenvalue weighted by atomic mass is 32.1. The fourth-order valence-corrected chi connectivity index (χ4v) is 3.25. The molecular weight excluding hydrogens is 330 g/mol. The van der Waals surface area contributed by atoms with Gasteiger partial charge in [0.1, 0.15) is 10.9 Å². The molecule has 2 amide bonds. The molecule has 1 rings (SSSR count). The fourth-order valence-electron chi connectivity index (χ4n) is 2.16. The summed E-state index contributed by atoms with van der Waals surface area (Å²) in [5.74, 6) is -1.82. The van der Waals surface area contributed by atoms with Gasteiger partial charge < -0.3 is 15.7 Å². The average Bonchev–Trinajstić information content (AvgIpc) is 2.84. The first-order chi connectivity index (χ1) is 11.2. The van der Waals surface area contributed by atoms with Gasteiger partial charge in [0, 0.05) is 0 Å². The third-order valence-corrected chi connectivity index (χ3v) is 4.48. The molecule has 8 heteroatoms. The molecule has 0 radical (unpaired) electrons. The first-order valence-corrected chi connectivity index (χ1v) is 8.82. The molecule has 134 valence electrons. The number of rotatable bonds is 9. The standard InChI is InChI=1S/C16H25N3O4S/c1-5-6-13-18-10(4)14(24-13)15(21)17-8-12(20)19-11(16(22)23)7-9(2)3/h9,11H,5-8H2,1-4H3,(H,17,21)(H,19,20)(H,22,23)/t11-/m0/s1. The van der Waals surface area contributed by atoms with Crippen molar-refractivity contribution in [3.8, 4) is 0 Å². The summed E-state index contributed by atoms with van der Waals surface area (Å²) in [7, 11) is 0. The van der Waals surface area contributed by atoms with Gasteiger partial charge in [0.05, 0.1) is 17.2 Å². The van der Waals surface area contributed by atoms with Crippen molar-refractivity contribution < 1.29 is 19.5 Å². The van der Waals surface area contributed by atoms with Crippen LogP contribution in [-0.4, -0.2) is 40.5 Å². The van der Waals surface area contributed by atoms with E-state index in [4.69, 9.17) is 5.11 Å². The number of nitrogens with one attached hydrogen (secondary N) is 2. The molecule has 1 aromatic heterocycles. The highest BCUT2D eigenvalue weighted by molar-refractivity contribution is 7.13. The van der Waals surface area contributed by atoms with Gasteiger partial charge in [0.15, 0.2) is 0 Å². The van der Waals surface area contributed by atoms with Crippen molar-refractivity contribution in [1.82, 2.24) is 15.6 Å². The van der Waals surface area contributed by atoms with Crippen LogP contribution < -0.4 is 10.6 Å². The van der Waals surface area contributed by atoms with Gasteiger partial charge in [-0.25, -0.2) is 9.78 Å². The first-order valence-electron chi connectivity index (χ1n) is 8.01. The van der Waals surface area contributed by atoms with E-state index >= 15 is 0 Å². The van der Waals surface area contributed by atoms with Gasteiger partial charge in [0.25, 0.3) is 5.91 Å². The average molecular weight is 355 g/mol. The third kappa shape index (κ3) is 6.27. The number of carbonyl (C=O) groups is 3. The molecule has 0 fully saturated rings. The Balaban J connectivity index is 2.56. The van der Waals surface area contributed by atoms with Crippen molar-refractivity contribution in [2.75, 3.05) is 6.54 Å². The zero-order chi connectivity index (χ0) is 18.3. The predicted molar refractivity (Wildman–Crippen MR) is 92.2 cm³/mol. The molecule has 0 aliphatic heterocycles. The number of aromatic nitrogens is 1. The van der Waals surface area contributed by atoms with E-state index in [0.29, 0.717) is 17.0 Å². The molecule has 7 nitrogen and oxygen atoms in total. The van der Waals surface area contributed by atoms with E-state index < -0.39 is 17.9 Å². The second kappa shape index (κ2) is 9.36. The molecule has 0 aliphatic rings. The van der Waals surface area contributed by atoms with Gasteiger partial charge in [-0.05, 0) is 32.1 Å². The highest BCUT2D eigenvalue weighted by Gasteiger charge is 2.22. The van der Waals surface area contributed by atoms with E-state index in [9.17, 15) is 14.4 Å². The third-order valence-electron chi connectivity index (χ3n) is 3.26. The lowest BCUT2D eigenvalue weighted by molar-refractivity contribution is -0.142. The zero-order valence-electron chi connectivity index (χ0n) is 14.5. The van der Waals surface area contributed by atoms with Crippen molar-refractivity contribution in [2.24, 2.45) is 5.92 Å². The molecule has 0 unspecified atom stereocenters. The summed E-state index contributed by atoms with van der Waals surface area (Å²) in [6, 6.07) is -0.948. The van der Waals surface area contributed by atoms with Crippen LogP contribution in [0.1, 0.15) is 54.0 Å². The number of amides is 2. The van der Waals surface area contributed by atoms with Crippen molar-refractivity contribution in [2.45, 2.75) is 53.0 Å². The normalized spacial score (nSPS) is 12.0. The van der Waals surface area contributed by atoms with Crippen LogP contribution in [0.4, 0.5) is 0 Å². The van der Waals surface area contributed by atoms with Gasteiger partial charge in [-0.1, -0.05) is 20.8 Å². The van der Waals surface area contributed by atoms with E-state index in [1.165, 1.54) is 11.3 Å². The van der Waals surface area contributed by atoms with Gasteiger partial charge in [-0.15, -0.1) is 11.3 Å². The topological polar surface area (TPSA) is 108 Å². The fraction of sp³-hybridized carbons (Fsp3) is 0.625. The van der Waals surface area contributed by atoms with E-state index in [1.807, 2.05) is 20.8 Å². The molecule has 1 aromatic rings. The number of carbonyl (C=O) groups excluding carboxylic acids is 2. The molecule has 0 saturated heterocycles. The van der Waals surface area contributed by atoms with Crippen LogP contribution in [0.25, 0.3) is 0 Å². The largest absolute Gasteiger partial charge is 0.480 e. The summed E-state index contributed by atoms with van der Waals surface area (Å²) in [5, 5.41) is 15.0. The predicted octanol–water partition coefficient (Wildman–Crippen LogP) is 1.75. The van der Waals surface area contributed by atoms with E-state index in [2.05, 4.69) is 15.6 Å². The summed E-state index contributed by atoms with van der Waals surface area (Å²) in [6.07, 6.45) is 2.10. The Morgan fingerprint density at radius 2 is 1.96 bits per heavy atom. The minimum absolute atomic E-state index is 0.137. The molecule has 0 aliphatic carbocycles. The minimum atomic E-state index is -1.08. The van der Waals surface area contributed by atoms with Crippen LogP contribution in [0.5, 0.6) is 0 Å².